The number of rotatable bonds is 5. The van der Waals surface area contributed by atoms with Crippen LogP contribution in [-0.2, 0) is 16.6 Å². The predicted octanol–water partition coefficient (Wildman–Crippen LogP) is -0.0150. The molecule has 2 aromatic rings. The minimum Gasteiger partial charge on any atom is -0.345 e. The summed E-state index contributed by atoms with van der Waals surface area (Å²) in [7, 11) is -0.585. The Kier molecular flexibility index (Phi) is 4.34. The molecule has 0 spiro atoms. The van der Waals surface area contributed by atoms with Crippen molar-refractivity contribution in [2.75, 3.05) is 14.1 Å². The van der Waals surface area contributed by atoms with Crippen LogP contribution in [-0.4, -0.2) is 47.9 Å². The third-order valence-corrected chi connectivity index (χ3v) is 4.61. The molecule has 21 heavy (non-hydrogen) atoms. The molecule has 1 aromatic carbocycles. The van der Waals surface area contributed by atoms with Crippen molar-refractivity contribution in [1.82, 2.24) is 24.8 Å². The summed E-state index contributed by atoms with van der Waals surface area (Å²) in [6.07, 6.45) is 1.35. The van der Waals surface area contributed by atoms with E-state index < -0.39 is 10.0 Å². The maximum Gasteiger partial charge on any atom is 0.251 e. The summed E-state index contributed by atoms with van der Waals surface area (Å²) in [6, 6.07) is 5.73. The first-order chi connectivity index (χ1) is 9.91. The van der Waals surface area contributed by atoms with E-state index >= 15 is 0 Å². The number of hydrogen-bond donors (Lipinski definition) is 2. The normalized spacial score (nSPS) is 11.6. The van der Waals surface area contributed by atoms with E-state index in [4.69, 9.17) is 0 Å². The molecule has 1 aromatic heterocycles. The smallest absolute Gasteiger partial charge is 0.251 e. The molecule has 0 bridgehead atoms. The summed E-state index contributed by atoms with van der Waals surface area (Å²) < 4.78 is 24.9. The number of aromatic nitrogens is 3. The highest BCUT2D eigenvalue weighted by atomic mass is 32.2. The lowest BCUT2D eigenvalue weighted by molar-refractivity contribution is 0.0950. The molecular formula is C12H15N5O3S. The van der Waals surface area contributed by atoms with Gasteiger partial charge in [-0.1, -0.05) is 0 Å². The Morgan fingerprint density at radius 3 is 2.48 bits per heavy atom. The van der Waals surface area contributed by atoms with Crippen LogP contribution in [0.1, 0.15) is 16.2 Å². The maximum atomic E-state index is 11.9. The summed E-state index contributed by atoms with van der Waals surface area (Å²) >= 11 is 0. The molecule has 0 fully saturated rings. The molecule has 0 saturated heterocycles. The van der Waals surface area contributed by atoms with Crippen molar-refractivity contribution in [3.05, 3.63) is 42.0 Å². The van der Waals surface area contributed by atoms with Crippen LogP contribution in [0, 0.1) is 0 Å². The number of aromatic amines is 1. The van der Waals surface area contributed by atoms with Gasteiger partial charge in [0.05, 0.1) is 11.4 Å². The fourth-order valence-corrected chi connectivity index (χ4v) is 2.47. The Labute approximate surface area is 122 Å². The maximum absolute atomic E-state index is 11.9. The highest BCUT2D eigenvalue weighted by Gasteiger charge is 2.17. The summed E-state index contributed by atoms with van der Waals surface area (Å²) in [5.41, 5.74) is 0.368. The lowest BCUT2D eigenvalue weighted by Gasteiger charge is -2.11. The molecule has 8 nitrogen and oxygen atoms in total. The number of nitrogens with zero attached hydrogens (tertiary/aromatic N) is 3. The zero-order valence-electron chi connectivity index (χ0n) is 11.6. The number of carbonyl (C=O) groups is 1. The Morgan fingerprint density at radius 1 is 1.29 bits per heavy atom. The van der Waals surface area contributed by atoms with Gasteiger partial charge < -0.3 is 5.32 Å². The highest BCUT2D eigenvalue weighted by molar-refractivity contribution is 7.89. The second kappa shape index (κ2) is 6.02. The number of carbonyl (C=O) groups excluding carboxylic acids is 1. The monoisotopic (exact) mass is 309 g/mol. The number of sulfonamides is 1. The summed E-state index contributed by atoms with van der Waals surface area (Å²) in [5, 5.41) is 8.94. The van der Waals surface area contributed by atoms with Gasteiger partial charge in [0.1, 0.15) is 12.2 Å². The van der Waals surface area contributed by atoms with Crippen LogP contribution in [0.25, 0.3) is 0 Å². The van der Waals surface area contributed by atoms with E-state index in [-0.39, 0.29) is 17.3 Å². The predicted molar refractivity (Wildman–Crippen MR) is 74.9 cm³/mol. The Bertz CT molecular complexity index is 708. The fourth-order valence-electron chi connectivity index (χ4n) is 1.57. The van der Waals surface area contributed by atoms with Crippen molar-refractivity contribution in [3.8, 4) is 0 Å². The van der Waals surface area contributed by atoms with Crippen LogP contribution in [0.2, 0.25) is 0 Å². The molecule has 9 heteroatoms. The van der Waals surface area contributed by atoms with Crippen molar-refractivity contribution in [2.45, 2.75) is 11.4 Å². The number of nitrogens with one attached hydrogen (secondary N) is 2. The topological polar surface area (TPSA) is 108 Å². The summed E-state index contributed by atoms with van der Waals surface area (Å²) in [6.45, 7) is 0.219. The molecular weight excluding hydrogens is 294 g/mol. The van der Waals surface area contributed by atoms with Crippen molar-refractivity contribution in [2.24, 2.45) is 0 Å². The van der Waals surface area contributed by atoms with Crippen LogP contribution < -0.4 is 5.32 Å². The molecule has 2 N–H and O–H groups in total. The summed E-state index contributed by atoms with van der Waals surface area (Å²) in [4.78, 5) is 15.9. The van der Waals surface area contributed by atoms with E-state index in [2.05, 4.69) is 20.5 Å². The van der Waals surface area contributed by atoms with Crippen molar-refractivity contribution in [1.29, 1.82) is 0 Å². The van der Waals surface area contributed by atoms with Gasteiger partial charge in [0, 0.05) is 19.7 Å². The Hall–Kier alpha value is -2.26. The van der Waals surface area contributed by atoms with E-state index in [1.165, 1.54) is 44.7 Å². The first kappa shape index (κ1) is 15.1. The molecule has 0 unspecified atom stereocenters. The molecule has 1 amide bonds. The van der Waals surface area contributed by atoms with Crippen LogP contribution in [0.15, 0.2) is 35.5 Å². The number of benzene rings is 1. The molecule has 0 aliphatic rings. The zero-order valence-corrected chi connectivity index (χ0v) is 12.4. The molecule has 2 rings (SSSR count). The van der Waals surface area contributed by atoms with E-state index in [1.807, 2.05) is 0 Å². The molecule has 112 valence electrons. The first-order valence-electron chi connectivity index (χ1n) is 6.06. The SMILES string of the molecule is CN(C)S(=O)(=O)c1ccc(C(=O)NCc2ncn[nH]2)cc1. The van der Waals surface area contributed by atoms with Crippen molar-refractivity contribution < 1.29 is 13.2 Å². The lowest BCUT2D eigenvalue weighted by atomic mass is 10.2. The second-order valence-corrected chi connectivity index (χ2v) is 6.58. The van der Waals surface area contributed by atoms with E-state index in [1.54, 1.807) is 0 Å². The average molecular weight is 309 g/mol. The third kappa shape index (κ3) is 3.44. The Balaban J connectivity index is 2.07. The highest BCUT2D eigenvalue weighted by Crippen LogP contribution is 2.13. The van der Waals surface area contributed by atoms with Gasteiger partial charge in [-0.15, -0.1) is 0 Å². The van der Waals surface area contributed by atoms with Crippen LogP contribution >= 0.6 is 0 Å². The molecule has 0 aliphatic heterocycles. The van der Waals surface area contributed by atoms with Crippen LogP contribution in [0.4, 0.5) is 0 Å². The number of amides is 1. The molecule has 0 radical (unpaired) electrons. The van der Waals surface area contributed by atoms with E-state index in [9.17, 15) is 13.2 Å². The number of H-pyrrole nitrogens is 1. The van der Waals surface area contributed by atoms with Crippen molar-refractivity contribution >= 4 is 15.9 Å². The fraction of sp³-hybridized carbons (Fsp3) is 0.250. The van der Waals surface area contributed by atoms with Gasteiger partial charge >= 0.3 is 0 Å². The molecule has 1 heterocycles. The van der Waals surface area contributed by atoms with Gasteiger partial charge in [-0.2, -0.15) is 5.10 Å². The quantitative estimate of drug-likeness (QED) is 0.807. The van der Waals surface area contributed by atoms with E-state index in [0.29, 0.717) is 11.4 Å². The van der Waals surface area contributed by atoms with Crippen molar-refractivity contribution in [3.63, 3.8) is 0 Å². The minimum absolute atomic E-state index is 0.138. The standard InChI is InChI=1S/C12H15N5O3S/c1-17(2)21(19,20)10-5-3-9(4-6-10)12(18)13-7-11-14-8-15-16-11/h3-6,8H,7H2,1-2H3,(H,13,18)(H,14,15,16). The summed E-state index contributed by atoms with van der Waals surface area (Å²) in [5.74, 6) is 0.218. The van der Waals surface area contributed by atoms with Gasteiger partial charge in [-0.05, 0) is 24.3 Å². The second-order valence-electron chi connectivity index (χ2n) is 4.43. The first-order valence-corrected chi connectivity index (χ1v) is 7.50. The minimum atomic E-state index is -3.49. The van der Waals surface area contributed by atoms with Gasteiger partial charge in [0.25, 0.3) is 5.91 Å². The third-order valence-electron chi connectivity index (χ3n) is 2.78. The van der Waals surface area contributed by atoms with Gasteiger partial charge in [0.15, 0.2) is 0 Å². The largest absolute Gasteiger partial charge is 0.345 e. The van der Waals surface area contributed by atoms with Crippen LogP contribution in [0.5, 0.6) is 0 Å². The molecule has 0 aliphatic carbocycles. The lowest BCUT2D eigenvalue weighted by Crippen LogP contribution is -2.24. The molecule has 0 atom stereocenters. The number of hydrogen-bond acceptors (Lipinski definition) is 5. The average Bonchev–Trinajstić information content (AvgIpc) is 2.98. The zero-order chi connectivity index (χ0) is 15.5. The van der Waals surface area contributed by atoms with Gasteiger partial charge in [-0.25, -0.2) is 17.7 Å². The van der Waals surface area contributed by atoms with E-state index in [0.717, 1.165) is 4.31 Å². The van der Waals surface area contributed by atoms with Crippen LogP contribution in [0.3, 0.4) is 0 Å². The molecule has 0 saturated carbocycles. The Morgan fingerprint density at radius 2 is 1.95 bits per heavy atom. The van der Waals surface area contributed by atoms with Gasteiger partial charge in [0.2, 0.25) is 10.0 Å². The van der Waals surface area contributed by atoms with Gasteiger partial charge in [-0.3, -0.25) is 9.89 Å².